The van der Waals surface area contributed by atoms with Gasteiger partial charge >= 0.3 is 0 Å². The van der Waals surface area contributed by atoms with Crippen LogP contribution in [0.2, 0.25) is 0 Å². The summed E-state index contributed by atoms with van der Waals surface area (Å²) in [6.07, 6.45) is 0. The monoisotopic (exact) mass is 447 g/mol. The van der Waals surface area contributed by atoms with Gasteiger partial charge in [-0.15, -0.1) is 0 Å². The third-order valence-corrected chi connectivity index (χ3v) is 5.79. The quantitative estimate of drug-likeness (QED) is 0.286. The number of hydrogen-bond acceptors (Lipinski definition) is 3. The molecule has 0 aliphatic rings. The normalized spacial score (nSPS) is 10.9. The molecule has 0 saturated heterocycles. The molecule has 0 saturated carbocycles. The van der Waals surface area contributed by atoms with Crippen LogP contribution in [-0.4, -0.2) is 12.5 Å². The van der Waals surface area contributed by atoms with Gasteiger partial charge < -0.3 is 14.8 Å². The van der Waals surface area contributed by atoms with E-state index in [1.807, 2.05) is 91.9 Å². The van der Waals surface area contributed by atoms with Crippen LogP contribution in [0.3, 0.4) is 0 Å². The molecule has 4 heteroatoms. The van der Waals surface area contributed by atoms with Crippen molar-refractivity contribution in [3.8, 4) is 11.5 Å². The lowest BCUT2D eigenvalue weighted by Crippen LogP contribution is -2.13. The molecular weight excluding hydrogens is 422 g/mol. The Balaban J connectivity index is 1.41. The van der Waals surface area contributed by atoms with E-state index in [2.05, 4.69) is 17.4 Å². The summed E-state index contributed by atoms with van der Waals surface area (Å²) in [4.78, 5) is 13.1. The summed E-state index contributed by atoms with van der Waals surface area (Å²) in [5.41, 5.74) is 2.15. The highest BCUT2D eigenvalue weighted by molar-refractivity contribution is 6.09. The van der Waals surface area contributed by atoms with E-state index in [9.17, 15) is 4.79 Å². The van der Waals surface area contributed by atoms with E-state index in [-0.39, 0.29) is 5.91 Å². The molecule has 34 heavy (non-hydrogen) atoms. The highest BCUT2D eigenvalue weighted by Gasteiger charge is 2.13. The fraction of sp³-hybridized carbons (Fsp3) is 0.100. The van der Waals surface area contributed by atoms with E-state index in [0.717, 1.165) is 38.5 Å². The van der Waals surface area contributed by atoms with E-state index in [4.69, 9.17) is 9.47 Å². The zero-order valence-electron chi connectivity index (χ0n) is 19.0. The summed E-state index contributed by atoms with van der Waals surface area (Å²) in [7, 11) is 0. The first kappa shape index (κ1) is 21.5. The second kappa shape index (κ2) is 9.67. The molecule has 0 spiro atoms. The molecule has 1 amide bonds. The number of anilines is 1. The lowest BCUT2D eigenvalue weighted by Gasteiger charge is -2.15. The number of amides is 1. The molecule has 0 radical (unpaired) electrons. The average molecular weight is 448 g/mol. The van der Waals surface area contributed by atoms with Crippen molar-refractivity contribution in [1.82, 2.24) is 0 Å². The molecular formula is C30H25NO3. The molecule has 0 fully saturated rings. The number of carbonyl (C=O) groups is 1. The van der Waals surface area contributed by atoms with Crippen molar-refractivity contribution in [2.75, 3.05) is 11.9 Å². The Morgan fingerprint density at radius 3 is 2.18 bits per heavy atom. The predicted molar refractivity (Wildman–Crippen MR) is 138 cm³/mol. The third kappa shape index (κ3) is 4.44. The van der Waals surface area contributed by atoms with E-state index in [0.29, 0.717) is 24.5 Å². The molecule has 0 bridgehead atoms. The Kier molecular flexibility index (Phi) is 6.13. The van der Waals surface area contributed by atoms with Gasteiger partial charge in [-0.25, -0.2) is 0 Å². The summed E-state index contributed by atoms with van der Waals surface area (Å²) in [6.45, 7) is 2.76. The molecule has 0 aromatic heterocycles. The Labute approximate surface area is 198 Å². The number of fused-ring (bicyclic) bond motifs is 2. The third-order valence-electron chi connectivity index (χ3n) is 5.79. The van der Waals surface area contributed by atoms with Gasteiger partial charge in [0.25, 0.3) is 5.91 Å². The Hall–Kier alpha value is -4.31. The average Bonchev–Trinajstić information content (AvgIpc) is 2.88. The van der Waals surface area contributed by atoms with Gasteiger partial charge in [-0.3, -0.25) is 4.79 Å². The molecule has 5 aromatic rings. The minimum absolute atomic E-state index is 0.175. The Morgan fingerprint density at radius 1 is 0.706 bits per heavy atom. The smallest absolute Gasteiger partial charge is 0.255 e. The van der Waals surface area contributed by atoms with Crippen molar-refractivity contribution in [3.05, 3.63) is 114 Å². The van der Waals surface area contributed by atoms with Crippen molar-refractivity contribution >= 4 is 33.1 Å². The first-order valence-corrected chi connectivity index (χ1v) is 11.4. The van der Waals surface area contributed by atoms with Crippen molar-refractivity contribution in [2.45, 2.75) is 13.5 Å². The van der Waals surface area contributed by atoms with Gasteiger partial charge in [-0.2, -0.15) is 0 Å². The molecule has 0 aliphatic carbocycles. The fourth-order valence-corrected chi connectivity index (χ4v) is 4.14. The number of carbonyl (C=O) groups excluding carboxylic acids is 1. The highest BCUT2D eigenvalue weighted by Crippen LogP contribution is 2.29. The maximum atomic E-state index is 13.1. The molecule has 0 aliphatic heterocycles. The topological polar surface area (TPSA) is 47.6 Å². The summed E-state index contributed by atoms with van der Waals surface area (Å²) < 4.78 is 12.0. The van der Waals surface area contributed by atoms with Gasteiger partial charge in [0.05, 0.1) is 6.61 Å². The summed E-state index contributed by atoms with van der Waals surface area (Å²) in [5, 5.41) is 7.31. The SMILES string of the molecule is CCOc1ccc(C(=O)Nc2cccc3ccccc23)cc1COc1cccc2ccccc12. The zero-order valence-corrected chi connectivity index (χ0v) is 19.0. The zero-order chi connectivity index (χ0) is 23.3. The van der Waals surface area contributed by atoms with Crippen LogP contribution >= 0.6 is 0 Å². The highest BCUT2D eigenvalue weighted by atomic mass is 16.5. The number of hydrogen-bond donors (Lipinski definition) is 1. The summed E-state index contributed by atoms with van der Waals surface area (Å²) >= 11 is 0. The van der Waals surface area contributed by atoms with E-state index in [1.54, 1.807) is 6.07 Å². The van der Waals surface area contributed by atoms with Gasteiger partial charge in [0.1, 0.15) is 18.1 Å². The van der Waals surface area contributed by atoms with Crippen molar-refractivity contribution in [2.24, 2.45) is 0 Å². The fourth-order valence-electron chi connectivity index (χ4n) is 4.14. The summed E-state index contributed by atoms with van der Waals surface area (Å²) in [6, 6.07) is 33.5. The molecule has 0 heterocycles. The molecule has 1 N–H and O–H groups in total. The lowest BCUT2D eigenvalue weighted by atomic mass is 10.1. The molecule has 168 valence electrons. The largest absolute Gasteiger partial charge is 0.493 e. The van der Waals surface area contributed by atoms with Crippen LogP contribution in [0.15, 0.2) is 103 Å². The predicted octanol–water partition coefficient (Wildman–Crippen LogP) is 7.22. The molecule has 5 rings (SSSR count). The maximum absolute atomic E-state index is 13.1. The van der Waals surface area contributed by atoms with Crippen LogP contribution < -0.4 is 14.8 Å². The second-order valence-corrected chi connectivity index (χ2v) is 8.00. The molecule has 0 unspecified atom stereocenters. The maximum Gasteiger partial charge on any atom is 0.255 e. The number of ether oxygens (including phenoxy) is 2. The number of rotatable bonds is 7. The number of benzene rings is 5. The van der Waals surface area contributed by atoms with Gasteiger partial charge in [0, 0.05) is 27.6 Å². The van der Waals surface area contributed by atoms with Crippen molar-refractivity contribution in [3.63, 3.8) is 0 Å². The number of nitrogens with one attached hydrogen (secondary N) is 1. The molecule has 5 aromatic carbocycles. The second-order valence-electron chi connectivity index (χ2n) is 8.00. The van der Waals surface area contributed by atoms with Crippen LogP contribution in [-0.2, 0) is 6.61 Å². The van der Waals surface area contributed by atoms with Crippen LogP contribution in [0.4, 0.5) is 5.69 Å². The lowest BCUT2D eigenvalue weighted by molar-refractivity contribution is 0.102. The Morgan fingerprint density at radius 2 is 1.38 bits per heavy atom. The first-order valence-electron chi connectivity index (χ1n) is 11.4. The van der Waals surface area contributed by atoms with Crippen LogP contribution in [0.5, 0.6) is 11.5 Å². The van der Waals surface area contributed by atoms with Crippen LogP contribution in [0, 0.1) is 0 Å². The van der Waals surface area contributed by atoms with E-state index in [1.165, 1.54) is 0 Å². The van der Waals surface area contributed by atoms with Gasteiger partial charge in [-0.1, -0.05) is 72.8 Å². The van der Waals surface area contributed by atoms with Gasteiger partial charge in [0.15, 0.2) is 0 Å². The van der Waals surface area contributed by atoms with Gasteiger partial charge in [0.2, 0.25) is 0 Å². The minimum Gasteiger partial charge on any atom is -0.493 e. The van der Waals surface area contributed by atoms with Crippen LogP contribution in [0.1, 0.15) is 22.8 Å². The standard InChI is InChI=1S/C30H25NO3/c1-2-33-28-18-17-23(30(32)31-27-15-7-11-21-9-3-5-13-25(21)27)19-24(28)20-34-29-16-8-12-22-10-4-6-14-26(22)29/h3-19H,2,20H2,1H3,(H,31,32). The van der Waals surface area contributed by atoms with Gasteiger partial charge in [-0.05, 0) is 48.0 Å². The van der Waals surface area contributed by atoms with E-state index < -0.39 is 0 Å². The molecule has 0 atom stereocenters. The van der Waals surface area contributed by atoms with Crippen LogP contribution in [0.25, 0.3) is 21.5 Å². The van der Waals surface area contributed by atoms with E-state index >= 15 is 0 Å². The molecule has 4 nitrogen and oxygen atoms in total. The minimum atomic E-state index is -0.175. The Bertz CT molecular complexity index is 1460. The summed E-state index contributed by atoms with van der Waals surface area (Å²) in [5.74, 6) is 1.33. The van der Waals surface area contributed by atoms with Crippen molar-refractivity contribution in [1.29, 1.82) is 0 Å². The first-order chi connectivity index (χ1) is 16.7. The van der Waals surface area contributed by atoms with Crippen molar-refractivity contribution < 1.29 is 14.3 Å².